The van der Waals surface area contributed by atoms with Gasteiger partial charge in [0.1, 0.15) is 36.1 Å². The van der Waals surface area contributed by atoms with Gasteiger partial charge in [-0.3, -0.25) is 18.4 Å². The minimum Gasteiger partial charge on any atom is -0.474 e. The Morgan fingerprint density at radius 2 is 1.77 bits per heavy atom. The van der Waals surface area contributed by atoms with E-state index in [1.807, 2.05) is 61.5 Å². The van der Waals surface area contributed by atoms with Crippen LogP contribution >= 0.6 is 25.8 Å². The van der Waals surface area contributed by atoms with E-state index in [0.717, 1.165) is 10.8 Å². The summed E-state index contributed by atoms with van der Waals surface area (Å²) in [4.78, 5) is 38.1. The first-order chi connectivity index (χ1) is 29.1. The Bertz CT molecular complexity index is 2220. The molecule has 2 aliphatic heterocycles. The Hall–Kier alpha value is -1.98. The van der Waals surface area contributed by atoms with E-state index in [2.05, 4.69) is 27.2 Å². The highest BCUT2D eigenvalue weighted by molar-refractivity contribution is 8.44. The van der Waals surface area contributed by atoms with Crippen molar-refractivity contribution >= 4 is 65.7 Å². The lowest BCUT2D eigenvalue weighted by Gasteiger charge is -2.47. The number of fused-ring (bicyclic) bond motifs is 4. The van der Waals surface area contributed by atoms with Crippen molar-refractivity contribution in [1.82, 2.24) is 24.1 Å². The molecule has 25 heteroatoms. The Balaban J connectivity index is 1.50. The number of hydrogen-bond donors (Lipinski definition) is 2. The highest BCUT2D eigenvalue weighted by Gasteiger charge is 2.60. The average molecular weight is 979 g/mol. The fourth-order valence-electron chi connectivity index (χ4n) is 8.23. The second-order valence-electron chi connectivity index (χ2n) is 17.1. The van der Waals surface area contributed by atoms with E-state index >= 15 is 4.39 Å². The third kappa shape index (κ3) is 10.5. The van der Waals surface area contributed by atoms with Crippen LogP contribution in [0.3, 0.4) is 0 Å². The molecular formula is C37H57FN6O12P2S2Si2. The zero-order valence-corrected chi connectivity index (χ0v) is 41.7. The molecule has 1 aliphatic carbocycles. The van der Waals surface area contributed by atoms with Gasteiger partial charge in [0.2, 0.25) is 5.88 Å². The monoisotopic (exact) mass is 978 g/mol. The van der Waals surface area contributed by atoms with Crippen LogP contribution in [0.5, 0.6) is 5.88 Å². The molecule has 6 rings (SSSR count). The van der Waals surface area contributed by atoms with Gasteiger partial charge in [0.25, 0.3) is 5.56 Å². The maximum absolute atomic E-state index is 15.9. The molecule has 0 radical (unpaired) electrons. The number of ether oxygens (including phenoxy) is 2. The quantitative estimate of drug-likeness (QED) is 0.0700. The summed E-state index contributed by atoms with van der Waals surface area (Å²) in [7, 11) is -5.74. The Kier molecular flexibility index (Phi) is 15.8. The summed E-state index contributed by atoms with van der Waals surface area (Å²) in [6, 6.07) is 3.66. The van der Waals surface area contributed by atoms with E-state index in [0.29, 0.717) is 12.3 Å². The first kappa shape index (κ1) is 49.5. The molecule has 9 atom stereocenters. The van der Waals surface area contributed by atoms with E-state index in [-0.39, 0.29) is 59.3 Å². The molecule has 2 unspecified atom stereocenters. The lowest BCUT2D eigenvalue weighted by atomic mass is 10.1. The predicted octanol–water partition coefficient (Wildman–Crippen LogP) is 7.35. The number of aromatic nitrogens is 5. The molecule has 3 aromatic heterocycles. The molecule has 0 aromatic carbocycles. The van der Waals surface area contributed by atoms with Crippen LogP contribution in [0, 0.1) is 23.1 Å². The summed E-state index contributed by atoms with van der Waals surface area (Å²) >= 11 is 10.6. The van der Waals surface area contributed by atoms with Gasteiger partial charge < -0.3 is 41.0 Å². The van der Waals surface area contributed by atoms with Gasteiger partial charge in [0.05, 0.1) is 44.7 Å². The Labute approximate surface area is 373 Å². The maximum Gasteiger partial charge on any atom is 0.386 e. The number of nitrogens with zero attached hydrogens (tertiary/aromatic N) is 6. The molecule has 2 saturated heterocycles. The molecule has 0 spiro atoms. The molecule has 3 aliphatic rings. The summed E-state index contributed by atoms with van der Waals surface area (Å²) in [5, 5.41) is 9.21. The van der Waals surface area contributed by atoms with Gasteiger partial charge in [0.15, 0.2) is 17.7 Å². The van der Waals surface area contributed by atoms with Gasteiger partial charge in [-0.2, -0.15) is 5.26 Å². The van der Waals surface area contributed by atoms with Crippen LogP contribution in [0.4, 0.5) is 4.39 Å². The van der Waals surface area contributed by atoms with Gasteiger partial charge in [-0.25, -0.2) is 23.9 Å². The number of aryl methyl sites for hydroxylation is 1. The summed E-state index contributed by atoms with van der Waals surface area (Å²) in [5.41, 5.74) is -1.73. The number of hydrogen-bond acceptors (Lipinski definition) is 17. The molecular weight excluding hydrogens is 922 g/mol. The second-order valence-corrected chi connectivity index (χ2v) is 31.5. The molecule has 1 saturated carbocycles. The zero-order valence-electron chi connectivity index (χ0n) is 36.2. The third-order valence-corrected chi connectivity index (χ3v) is 25.3. The number of rotatable bonds is 14. The van der Waals surface area contributed by atoms with Gasteiger partial charge in [-0.05, 0) is 40.4 Å². The standard InChI is InChI=1S/C37H57FN6O12P2S2Si2/c1-22(2)61(47,23(3)4)56-62(24(5)6,25(7)8)55-33-30-19-49-57(46,59)53-29-16-27(51-31-11-13-40-20-41-31)15-26(29)18-50-58(60,48-14-10-12-39)54-34(33)37(52-30)44-17-28(38)32-35(44)42-21-43(9)36(32)45/h11,13,17,20-27,29-30,33-34,37,47H,10,14-16,18-19H2,1-9H3,(H,46,59)/t26-,27-,29+,30-,33-,34-,37-,57?,58?/m1/s1. The maximum atomic E-state index is 15.9. The van der Waals surface area contributed by atoms with Crippen LogP contribution in [-0.2, 0) is 59.3 Å². The summed E-state index contributed by atoms with van der Waals surface area (Å²) in [6.45, 7) is 6.60. The van der Waals surface area contributed by atoms with Crippen molar-refractivity contribution in [3.05, 3.63) is 47.3 Å². The van der Waals surface area contributed by atoms with Crippen molar-refractivity contribution in [2.45, 2.75) is 134 Å². The van der Waals surface area contributed by atoms with Gasteiger partial charge in [-0.1, -0.05) is 67.6 Å². The van der Waals surface area contributed by atoms with Crippen LogP contribution in [0.2, 0.25) is 22.2 Å². The van der Waals surface area contributed by atoms with Gasteiger partial charge in [0, 0.05) is 37.8 Å². The van der Waals surface area contributed by atoms with Crippen LogP contribution in [0.1, 0.15) is 80.9 Å². The van der Waals surface area contributed by atoms with E-state index in [9.17, 15) is 19.4 Å². The largest absolute Gasteiger partial charge is 0.474 e. The van der Waals surface area contributed by atoms with Crippen molar-refractivity contribution in [2.24, 2.45) is 13.0 Å². The van der Waals surface area contributed by atoms with E-state index in [1.54, 1.807) is 12.3 Å². The highest BCUT2D eigenvalue weighted by Crippen LogP contribution is 2.60. The number of thiol groups is 1. The van der Waals surface area contributed by atoms with E-state index < -0.39 is 91.3 Å². The number of nitriles is 1. The first-order valence-corrected chi connectivity index (χ1v) is 29.9. The van der Waals surface area contributed by atoms with Crippen LogP contribution in [0.25, 0.3) is 11.0 Å². The normalized spacial score (nSPS) is 30.1. The molecule has 3 aromatic rings. The van der Waals surface area contributed by atoms with E-state index in [1.165, 1.54) is 24.3 Å². The lowest BCUT2D eigenvalue weighted by molar-refractivity contribution is -0.0505. The fourth-order valence-corrected chi connectivity index (χ4v) is 21.8. The minimum atomic E-state index is -4.21. The Morgan fingerprint density at radius 3 is 2.40 bits per heavy atom. The fraction of sp³-hybridized carbons (Fsp3) is 0.703. The van der Waals surface area contributed by atoms with Crippen molar-refractivity contribution in [1.29, 1.82) is 5.26 Å². The molecule has 18 nitrogen and oxygen atoms in total. The Morgan fingerprint density at radius 1 is 1.06 bits per heavy atom. The summed E-state index contributed by atoms with van der Waals surface area (Å²) in [5.74, 6) is -1.04. The van der Waals surface area contributed by atoms with Crippen molar-refractivity contribution < 1.29 is 54.4 Å². The third-order valence-electron chi connectivity index (χ3n) is 11.6. The smallest absolute Gasteiger partial charge is 0.386 e. The topological polar surface area (TPSA) is 210 Å². The molecule has 1 N–H and O–H groups in total. The van der Waals surface area contributed by atoms with Gasteiger partial charge in [-0.15, -0.1) is 0 Å². The van der Waals surface area contributed by atoms with Crippen LogP contribution in [0.15, 0.2) is 35.9 Å². The molecule has 5 heterocycles. The molecule has 62 heavy (non-hydrogen) atoms. The van der Waals surface area contributed by atoms with Crippen LogP contribution < -0.4 is 10.3 Å². The van der Waals surface area contributed by atoms with Crippen molar-refractivity contribution in [3.8, 4) is 11.9 Å². The molecule has 3 fully saturated rings. The first-order valence-electron chi connectivity index (χ1n) is 20.6. The van der Waals surface area contributed by atoms with Crippen LogP contribution in [-0.4, -0.2) is 96.3 Å². The second kappa shape index (κ2) is 19.9. The molecule has 0 amide bonds. The summed E-state index contributed by atoms with van der Waals surface area (Å²) < 4.78 is 91.7. The lowest BCUT2D eigenvalue weighted by Crippen LogP contribution is -2.62. The van der Waals surface area contributed by atoms with E-state index in [4.69, 9.17) is 52.4 Å². The minimum absolute atomic E-state index is 0.0578. The summed E-state index contributed by atoms with van der Waals surface area (Å²) in [6.07, 6.45) is -0.522. The van der Waals surface area contributed by atoms with Crippen molar-refractivity contribution in [2.75, 3.05) is 19.8 Å². The van der Waals surface area contributed by atoms with Crippen molar-refractivity contribution in [3.63, 3.8) is 0 Å². The highest BCUT2D eigenvalue weighted by atomic mass is 32.7. The predicted molar refractivity (Wildman–Crippen MR) is 237 cm³/mol. The van der Waals surface area contributed by atoms with Gasteiger partial charge >= 0.3 is 30.6 Å². The molecule has 344 valence electrons. The average Bonchev–Trinajstić information content (AvgIpc) is 3.85. The molecule has 2 bridgehead atoms. The SMILES string of the molecule is CC(C)[Si](O)(O[Si](O[C@H]1[C@H]2OP(=S)(OCCC#N)OC[C@H]3C[C@@H](Oc4ccncn4)C[C@@H]3OP(=O)(S)OC[C@H]1O[C@H]2n1cc(F)c2c(=O)n(C)cnc21)(C(C)C)C(C)C)C(C)C. The zero-order chi connectivity index (χ0) is 45.4. The number of halogens is 1.